The van der Waals surface area contributed by atoms with Crippen molar-refractivity contribution in [3.05, 3.63) is 77.4 Å². The maximum absolute atomic E-state index is 8.46. The van der Waals surface area contributed by atoms with Crippen molar-refractivity contribution < 1.29 is 4.11 Å². The molecule has 112 valence electrons. The van der Waals surface area contributed by atoms with Crippen molar-refractivity contribution >= 4 is 5.57 Å². The van der Waals surface area contributed by atoms with Gasteiger partial charge < -0.3 is 0 Å². The Morgan fingerprint density at radius 2 is 1.68 bits per heavy atom. The molecule has 2 unspecified atom stereocenters. The van der Waals surface area contributed by atoms with Gasteiger partial charge in [0, 0.05) is 4.11 Å². The van der Waals surface area contributed by atoms with Crippen LogP contribution in [0.4, 0.5) is 0 Å². The summed E-state index contributed by atoms with van der Waals surface area (Å²) in [4.78, 5) is 0. The maximum Gasteiger partial charge on any atom is 0.0240 e. The second-order valence-electron chi connectivity index (χ2n) is 6.83. The van der Waals surface area contributed by atoms with Crippen LogP contribution >= 0.6 is 0 Å². The third-order valence-electron chi connectivity index (χ3n) is 5.76. The summed E-state index contributed by atoms with van der Waals surface area (Å²) >= 11 is 0. The molecular weight excluding hydrogens is 264 g/mol. The Kier molecular flexibility index (Phi) is 2.52. The molecule has 0 heterocycles. The van der Waals surface area contributed by atoms with Crippen molar-refractivity contribution in [3.8, 4) is 0 Å². The normalized spacial score (nSPS) is 32.7. The van der Waals surface area contributed by atoms with Crippen LogP contribution in [0.2, 0.25) is 0 Å². The van der Waals surface area contributed by atoms with E-state index in [2.05, 4.69) is 43.3 Å². The van der Waals surface area contributed by atoms with Gasteiger partial charge in [-0.25, -0.2) is 0 Å². The van der Waals surface area contributed by atoms with Crippen molar-refractivity contribution in [2.24, 2.45) is 17.3 Å². The van der Waals surface area contributed by atoms with Crippen LogP contribution in [-0.4, -0.2) is 0 Å². The fourth-order valence-electron chi connectivity index (χ4n) is 4.46. The lowest BCUT2D eigenvalue weighted by Gasteiger charge is -2.43. The van der Waals surface area contributed by atoms with E-state index in [-0.39, 0.29) is 5.92 Å². The average Bonchev–Trinajstić information content (AvgIpc) is 2.74. The summed E-state index contributed by atoms with van der Waals surface area (Å²) in [6.45, 7) is 0.0861. The molecule has 2 aromatic carbocycles. The van der Waals surface area contributed by atoms with Gasteiger partial charge in [0.05, 0.1) is 0 Å². The lowest BCUT2D eigenvalue weighted by molar-refractivity contribution is 0.116. The quantitative estimate of drug-likeness (QED) is 0.675. The fourth-order valence-corrected chi connectivity index (χ4v) is 4.46. The van der Waals surface area contributed by atoms with E-state index in [4.69, 9.17) is 4.11 Å². The second kappa shape index (κ2) is 5.12. The van der Waals surface area contributed by atoms with Gasteiger partial charge in [0.25, 0.3) is 0 Å². The molecule has 4 rings (SSSR count). The molecule has 0 bridgehead atoms. The van der Waals surface area contributed by atoms with Crippen molar-refractivity contribution in [1.82, 2.24) is 0 Å². The minimum absolute atomic E-state index is 0.232. The maximum atomic E-state index is 8.46. The smallest absolute Gasteiger partial charge is 0.0240 e. The molecule has 0 amide bonds. The van der Waals surface area contributed by atoms with Crippen LogP contribution in [0.1, 0.15) is 41.9 Å². The molecule has 2 aromatic rings. The van der Waals surface area contributed by atoms with E-state index in [0.717, 1.165) is 24.0 Å². The van der Waals surface area contributed by atoms with Crippen molar-refractivity contribution in [2.75, 3.05) is 0 Å². The van der Waals surface area contributed by atoms with Gasteiger partial charge in [-0.15, -0.1) is 0 Å². The molecule has 0 saturated heterocycles. The predicted molar refractivity (Wildman–Crippen MR) is 93.5 cm³/mol. The standard InChI is InChI=1S/C22H24/c1-16-21(18-11-7-4-8-12-18)19-13-14-20(19)22(16,2)15-17-9-5-3-6-10-17/h3-12,19-20H,13-15H2,1-2H3/t19?,20?,22-/m1/s1/i2D3. The summed E-state index contributed by atoms with van der Waals surface area (Å²) in [7, 11) is 0. The Hall–Kier alpha value is -1.82. The zero-order valence-corrected chi connectivity index (χ0v) is 13.0. The molecule has 0 aliphatic heterocycles. The van der Waals surface area contributed by atoms with E-state index < -0.39 is 12.3 Å². The number of hydrogen-bond donors (Lipinski definition) is 0. The van der Waals surface area contributed by atoms with Crippen LogP contribution in [-0.2, 0) is 6.42 Å². The summed E-state index contributed by atoms with van der Waals surface area (Å²) in [5, 5.41) is 0. The first kappa shape index (κ1) is 10.8. The molecule has 1 saturated carbocycles. The van der Waals surface area contributed by atoms with Gasteiger partial charge in [-0.05, 0) is 60.1 Å². The molecule has 2 aliphatic rings. The fraction of sp³-hybridized carbons (Fsp3) is 0.364. The summed E-state index contributed by atoms with van der Waals surface area (Å²) < 4.78 is 25.4. The molecular formula is C22H24. The third-order valence-corrected chi connectivity index (χ3v) is 5.76. The summed E-state index contributed by atoms with van der Waals surface area (Å²) in [5.41, 5.74) is 3.98. The van der Waals surface area contributed by atoms with Crippen molar-refractivity contribution in [3.63, 3.8) is 0 Å². The number of fused-ring (bicyclic) bond motifs is 1. The molecule has 0 radical (unpaired) electrons. The van der Waals surface area contributed by atoms with Crippen LogP contribution in [0.25, 0.3) is 5.57 Å². The second-order valence-corrected chi connectivity index (χ2v) is 6.83. The Morgan fingerprint density at radius 1 is 1.00 bits per heavy atom. The van der Waals surface area contributed by atoms with Crippen LogP contribution in [0, 0.1) is 17.3 Å². The van der Waals surface area contributed by atoms with Crippen LogP contribution < -0.4 is 0 Å². The van der Waals surface area contributed by atoms with E-state index in [0.29, 0.717) is 12.3 Å². The zero-order chi connectivity index (χ0) is 17.7. The number of benzene rings is 2. The summed E-state index contributed by atoms with van der Waals surface area (Å²) in [6.07, 6.45) is 2.73. The van der Waals surface area contributed by atoms with Gasteiger partial charge in [0.15, 0.2) is 0 Å². The summed E-state index contributed by atoms with van der Waals surface area (Å²) in [6, 6.07) is 20.5. The average molecular weight is 291 g/mol. The molecule has 3 atom stereocenters. The van der Waals surface area contributed by atoms with Gasteiger partial charge in [-0.1, -0.05) is 73.1 Å². The molecule has 22 heavy (non-hydrogen) atoms. The minimum atomic E-state index is -1.99. The largest absolute Gasteiger partial charge is 0.0627 e. The minimum Gasteiger partial charge on any atom is -0.0627 e. The first-order valence-corrected chi connectivity index (χ1v) is 8.26. The first-order valence-electron chi connectivity index (χ1n) is 9.76. The molecule has 2 aliphatic carbocycles. The van der Waals surface area contributed by atoms with Crippen molar-refractivity contribution in [1.29, 1.82) is 0 Å². The SMILES string of the molecule is [2H]C([2H])([2H])[C@@]1(Cc2ccccc2)C(C)=C(c2ccccc2)C2CCC21. The topological polar surface area (TPSA) is 0 Å². The molecule has 0 heteroatoms. The highest BCUT2D eigenvalue weighted by Gasteiger charge is 2.53. The number of allylic oxidation sites excluding steroid dienone is 2. The van der Waals surface area contributed by atoms with Crippen LogP contribution in [0.5, 0.6) is 0 Å². The molecule has 0 N–H and O–H groups in total. The van der Waals surface area contributed by atoms with E-state index in [9.17, 15) is 0 Å². The van der Waals surface area contributed by atoms with Gasteiger partial charge in [-0.2, -0.15) is 0 Å². The monoisotopic (exact) mass is 291 g/mol. The predicted octanol–water partition coefficient (Wildman–Crippen LogP) is 5.75. The summed E-state index contributed by atoms with van der Waals surface area (Å²) in [5.74, 6) is 0.627. The Labute approximate surface area is 138 Å². The highest BCUT2D eigenvalue weighted by atomic mass is 14.6. The molecule has 0 aromatic heterocycles. The van der Waals surface area contributed by atoms with E-state index >= 15 is 0 Å². The lowest BCUT2D eigenvalue weighted by atomic mass is 9.61. The first-order chi connectivity index (χ1) is 11.9. The molecule has 0 spiro atoms. The van der Waals surface area contributed by atoms with E-state index in [1.165, 1.54) is 11.1 Å². The highest BCUT2D eigenvalue weighted by molar-refractivity contribution is 5.75. The van der Waals surface area contributed by atoms with Gasteiger partial charge in [0.2, 0.25) is 0 Å². The van der Waals surface area contributed by atoms with Gasteiger partial charge in [0.1, 0.15) is 0 Å². The Bertz CT molecular complexity index is 789. The zero-order valence-electron chi connectivity index (χ0n) is 16.0. The third kappa shape index (κ3) is 1.97. The van der Waals surface area contributed by atoms with Crippen LogP contribution in [0.3, 0.4) is 0 Å². The Morgan fingerprint density at radius 3 is 2.27 bits per heavy atom. The van der Waals surface area contributed by atoms with Crippen molar-refractivity contribution in [2.45, 2.75) is 33.0 Å². The van der Waals surface area contributed by atoms with Gasteiger partial charge >= 0.3 is 0 Å². The Balaban J connectivity index is 1.87. The lowest BCUT2D eigenvalue weighted by Crippen LogP contribution is -2.36. The highest BCUT2D eigenvalue weighted by Crippen LogP contribution is 2.63. The van der Waals surface area contributed by atoms with E-state index in [1.807, 2.05) is 24.3 Å². The van der Waals surface area contributed by atoms with Crippen LogP contribution in [0.15, 0.2) is 66.2 Å². The van der Waals surface area contributed by atoms with E-state index in [1.54, 1.807) is 0 Å². The van der Waals surface area contributed by atoms with Gasteiger partial charge in [-0.3, -0.25) is 0 Å². The molecule has 0 nitrogen and oxygen atoms in total. The molecule has 1 fully saturated rings. The number of rotatable bonds is 3. The number of hydrogen-bond acceptors (Lipinski definition) is 0.